The Morgan fingerprint density at radius 1 is 0.970 bits per heavy atom. The predicted octanol–water partition coefficient (Wildman–Crippen LogP) is 5.82. The molecule has 1 aliphatic rings. The van der Waals surface area contributed by atoms with Crippen LogP contribution in [0.1, 0.15) is 44.4 Å². The molecule has 0 radical (unpaired) electrons. The first-order valence-corrected chi connectivity index (χ1v) is 11.0. The van der Waals surface area contributed by atoms with Crippen molar-refractivity contribution in [2.24, 2.45) is 0 Å². The number of amides is 1. The van der Waals surface area contributed by atoms with E-state index in [2.05, 4.69) is 0 Å². The van der Waals surface area contributed by atoms with Crippen molar-refractivity contribution in [3.05, 3.63) is 109 Å². The Bertz CT molecular complexity index is 1440. The number of nitrogens with zero attached hydrogens (tertiary/aromatic N) is 1. The van der Waals surface area contributed by atoms with Crippen LogP contribution >= 0.6 is 11.6 Å². The number of rotatable bonds is 4. The average Bonchev–Trinajstić information content (AvgIpc) is 3.08. The molecule has 6 heteroatoms. The molecule has 4 aromatic rings. The van der Waals surface area contributed by atoms with Gasteiger partial charge in [0, 0.05) is 11.6 Å². The standard InChI is InChI=1S/C27H22ClNO4/c1-15-12-21-22(13-16(15)2)33-26-23(25(21)30)24(18-6-8-19(28)9-7-18)29(27(26)31)14-17-4-10-20(32-3)11-5-17/h4-13,24H,14H2,1-3H3. The Morgan fingerprint density at radius 3 is 2.30 bits per heavy atom. The molecule has 1 unspecified atom stereocenters. The second-order valence-corrected chi connectivity index (χ2v) is 8.78. The highest BCUT2D eigenvalue weighted by molar-refractivity contribution is 6.30. The van der Waals surface area contributed by atoms with E-state index in [1.165, 1.54) is 0 Å². The van der Waals surface area contributed by atoms with Crippen molar-refractivity contribution in [1.82, 2.24) is 4.90 Å². The summed E-state index contributed by atoms with van der Waals surface area (Å²) in [4.78, 5) is 28.9. The van der Waals surface area contributed by atoms with Crippen LogP contribution in [0.25, 0.3) is 11.0 Å². The van der Waals surface area contributed by atoms with Gasteiger partial charge in [0.15, 0.2) is 5.43 Å². The van der Waals surface area contributed by atoms with Gasteiger partial charge in [0.05, 0.1) is 24.1 Å². The first kappa shape index (κ1) is 21.3. The lowest BCUT2D eigenvalue weighted by atomic mass is 9.97. The molecule has 3 aromatic carbocycles. The monoisotopic (exact) mass is 459 g/mol. The van der Waals surface area contributed by atoms with Crippen LogP contribution in [0.15, 0.2) is 69.9 Å². The fraction of sp³-hybridized carbons (Fsp3) is 0.185. The number of benzene rings is 3. The van der Waals surface area contributed by atoms with E-state index in [1.807, 2.05) is 62.4 Å². The molecule has 1 aliphatic heterocycles. The number of aryl methyl sites for hydroxylation is 2. The van der Waals surface area contributed by atoms with Gasteiger partial charge in [-0.2, -0.15) is 0 Å². The topological polar surface area (TPSA) is 59.8 Å². The molecule has 1 amide bonds. The van der Waals surface area contributed by atoms with Crippen molar-refractivity contribution >= 4 is 28.5 Å². The summed E-state index contributed by atoms with van der Waals surface area (Å²) in [6.07, 6.45) is 0. The zero-order chi connectivity index (χ0) is 23.3. The molecular formula is C27H22ClNO4. The van der Waals surface area contributed by atoms with Crippen molar-refractivity contribution in [2.45, 2.75) is 26.4 Å². The molecule has 5 rings (SSSR count). The summed E-state index contributed by atoms with van der Waals surface area (Å²) in [5.74, 6) is 0.528. The minimum Gasteiger partial charge on any atom is -0.497 e. The highest BCUT2D eigenvalue weighted by Crippen LogP contribution is 2.39. The molecule has 1 atom stereocenters. The molecule has 0 N–H and O–H groups in total. The van der Waals surface area contributed by atoms with Gasteiger partial charge < -0.3 is 14.1 Å². The van der Waals surface area contributed by atoms with Crippen molar-refractivity contribution in [1.29, 1.82) is 0 Å². The van der Waals surface area contributed by atoms with Gasteiger partial charge in [-0.1, -0.05) is 35.9 Å². The van der Waals surface area contributed by atoms with Gasteiger partial charge in [-0.25, -0.2) is 0 Å². The van der Waals surface area contributed by atoms with E-state index >= 15 is 0 Å². The summed E-state index contributed by atoms with van der Waals surface area (Å²) in [7, 11) is 1.61. The number of carbonyl (C=O) groups is 1. The smallest absolute Gasteiger partial charge is 0.291 e. The number of halogens is 1. The Hall–Kier alpha value is -3.57. The lowest BCUT2D eigenvalue weighted by molar-refractivity contribution is 0.0714. The number of ether oxygens (including phenoxy) is 1. The van der Waals surface area contributed by atoms with Crippen molar-refractivity contribution in [2.75, 3.05) is 7.11 Å². The SMILES string of the molecule is COc1ccc(CN2C(=O)c3oc4cc(C)c(C)cc4c(=O)c3C2c2ccc(Cl)cc2)cc1. The summed E-state index contributed by atoms with van der Waals surface area (Å²) in [5, 5.41) is 1.07. The Morgan fingerprint density at radius 2 is 1.64 bits per heavy atom. The lowest BCUT2D eigenvalue weighted by Crippen LogP contribution is -2.29. The number of hydrogen-bond donors (Lipinski definition) is 0. The molecule has 2 heterocycles. The molecule has 1 aromatic heterocycles. The van der Waals surface area contributed by atoms with Gasteiger partial charge >= 0.3 is 0 Å². The maximum atomic E-state index is 13.7. The molecule has 0 aliphatic carbocycles. The molecule has 0 spiro atoms. The van der Waals surface area contributed by atoms with Crippen molar-refractivity contribution in [3.8, 4) is 5.75 Å². The summed E-state index contributed by atoms with van der Waals surface area (Å²) < 4.78 is 11.3. The van der Waals surface area contributed by atoms with Crippen LogP contribution in [0.4, 0.5) is 0 Å². The normalized spacial score (nSPS) is 15.2. The van der Waals surface area contributed by atoms with Gasteiger partial charge in [0.1, 0.15) is 11.3 Å². The summed E-state index contributed by atoms with van der Waals surface area (Å²) in [5.41, 5.74) is 4.33. The van der Waals surface area contributed by atoms with Crippen LogP contribution in [-0.4, -0.2) is 17.9 Å². The molecule has 33 heavy (non-hydrogen) atoms. The first-order valence-electron chi connectivity index (χ1n) is 10.6. The maximum Gasteiger partial charge on any atom is 0.291 e. The summed E-state index contributed by atoms with van der Waals surface area (Å²) in [6, 6.07) is 17.8. The third-order valence-corrected chi connectivity index (χ3v) is 6.53. The molecule has 0 saturated heterocycles. The second kappa shape index (κ2) is 8.09. The number of hydrogen-bond acceptors (Lipinski definition) is 4. The fourth-order valence-electron chi connectivity index (χ4n) is 4.36. The largest absolute Gasteiger partial charge is 0.497 e. The van der Waals surface area contributed by atoms with Crippen LogP contribution in [0, 0.1) is 13.8 Å². The van der Waals surface area contributed by atoms with E-state index in [0.29, 0.717) is 28.1 Å². The minimum absolute atomic E-state index is 0.101. The highest BCUT2D eigenvalue weighted by atomic mass is 35.5. The Labute approximate surface area is 196 Å². The lowest BCUT2D eigenvalue weighted by Gasteiger charge is -2.25. The van der Waals surface area contributed by atoms with E-state index in [4.69, 9.17) is 20.8 Å². The quantitative estimate of drug-likeness (QED) is 0.386. The van der Waals surface area contributed by atoms with Crippen LogP contribution in [0.5, 0.6) is 5.75 Å². The van der Waals surface area contributed by atoms with E-state index in [1.54, 1.807) is 24.1 Å². The van der Waals surface area contributed by atoms with Crippen molar-refractivity contribution < 1.29 is 13.9 Å². The first-order chi connectivity index (χ1) is 15.9. The van der Waals surface area contributed by atoms with Crippen LogP contribution in [0.2, 0.25) is 5.02 Å². The molecule has 0 bridgehead atoms. The number of carbonyl (C=O) groups excluding carboxylic acids is 1. The van der Waals surface area contributed by atoms with Gasteiger partial charge in [-0.15, -0.1) is 0 Å². The van der Waals surface area contributed by atoms with Gasteiger partial charge in [0.2, 0.25) is 5.76 Å². The molecule has 0 saturated carbocycles. The molecule has 0 fully saturated rings. The molecule has 166 valence electrons. The predicted molar refractivity (Wildman–Crippen MR) is 128 cm³/mol. The van der Waals surface area contributed by atoms with Crippen molar-refractivity contribution in [3.63, 3.8) is 0 Å². The number of methoxy groups -OCH3 is 1. The highest BCUT2D eigenvalue weighted by Gasteiger charge is 2.42. The number of fused-ring (bicyclic) bond motifs is 2. The van der Waals surface area contributed by atoms with Gasteiger partial charge in [0.25, 0.3) is 5.91 Å². The fourth-order valence-corrected chi connectivity index (χ4v) is 4.48. The molecule has 5 nitrogen and oxygen atoms in total. The van der Waals surface area contributed by atoms with E-state index in [9.17, 15) is 9.59 Å². The Kier molecular flexibility index (Phi) is 5.22. The van der Waals surface area contributed by atoms with Gasteiger partial charge in [-0.05, 0) is 72.5 Å². The average molecular weight is 460 g/mol. The van der Waals surface area contributed by atoms with Gasteiger partial charge in [-0.3, -0.25) is 9.59 Å². The third-order valence-electron chi connectivity index (χ3n) is 6.28. The molecular weight excluding hydrogens is 438 g/mol. The Balaban J connectivity index is 1.70. The van der Waals surface area contributed by atoms with E-state index < -0.39 is 6.04 Å². The van der Waals surface area contributed by atoms with Crippen LogP contribution < -0.4 is 10.2 Å². The van der Waals surface area contributed by atoms with E-state index in [0.717, 1.165) is 28.0 Å². The summed E-state index contributed by atoms with van der Waals surface area (Å²) >= 11 is 6.11. The second-order valence-electron chi connectivity index (χ2n) is 8.34. The zero-order valence-electron chi connectivity index (χ0n) is 18.5. The minimum atomic E-state index is -0.575. The summed E-state index contributed by atoms with van der Waals surface area (Å²) in [6.45, 7) is 4.23. The van der Waals surface area contributed by atoms with Crippen LogP contribution in [-0.2, 0) is 6.54 Å². The zero-order valence-corrected chi connectivity index (χ0v) is 19.3. The maximum absolute atomic E-state index is 13.7. The van der Waals surface area contributed by atoms with E-state index in [-0.39, 0.29) is 17.1 Å². The third kappa shape index (κ3) is 3.58. The van der Waals surface area contributed by atoms with Crippen LogP contribution in [0.3, 0.4) is 0 Å².